The van der Waals surface area contributed by atoms with Gasteiger partial charge in [0.25, 0.3) is 0 Å². The molecule has 3 N–H and O–H groups in total. The van der Waals surface area contributed by atoms with Gasteiger partial charge in [0.05, 0.1) is 6.10 Å². The molecular weight excluding hydrogens is 236 g/mol. The van der Waals surface area contributed by atoms with Crippen molar-refractivity contribution in [3.05, 3.63) is 29.8 Å². The summed E-state index contributed by atoms with van der Waals surface area (Å²) in [4.78, 5) is 0. The van der Waals surface area contributed by atoms with Gasteiger partial charge < -0.3 is 15.3 Å². The molecule has 1 rings (SSSR count). The number of phenolic OH excluding ortho intramolecular Hbond substituents is 1. The lowest BCUT2D eigenvalue weighted by Gasteiger charge is -2.16. The van der Waals surface area contributed by atoms with E-state index in [1.54, 1.807) is 18.2 Å². The zero-order valence-electron chi connectivity index (χ0n) is 6.89. The summed E-state index contributed by atoms with van der Waals surface area (Å²) < 4.78 is 0. The van der Waals surface area contributed by atoms with Crippen LogP contribution in [0.1, 0.15) is 11.7 Å². The van der Waals surface area contributed by atoms with Crippen molar-refractivity contribution in [2.24, 2.45) is 0 Å². The molecule has 1 aromatic carbocycles. The van der Waals surface area contributed by atoms with Crippen LogP contribution in [-0.2, 0) is 0 Å². The Hall–Kier alpha value is -0.580. The first kappa shape index (κ1) is 10.5. The van der Waals surface area contributed by atoms with E-state index >= 15 is 0 Å². The summed E-state index contributed by atoms with van der Waals surface area (Å²) in [7, 11) is 0. The normalized spacial score (nSPS) is 15.3. The lowest BCUT2D eigenvalue weighted by Crippen LogP contribution is -2.19. The molecular formula is C9H11BrO3. The van der Waals surface area contributed by atoms with E-state index in [1.165, 1.54) is 6.07 Å². The number of aliphatic hydroxyl groups excluding tert-OH is 2. The van der Waals surface area contributed by atoms with Gasteiger partial charge in [-0.3, -0.25) is 0 Å². The summed E-state index contributed by atoms with van der Waals surface area (Å²) in [6.07, 6.45) is -1.96. The van der Waals surface area contributed by atoms with Crippen LogP contribution >= 0.6 is 15.9 Å². The Balaban J connectivity index is 2.88. The molecule has 0 saturated heterocycles. The molecule has 0 aliphatic carbocycles. The van der Waals surface area contributed by atoms with Gasteiger partial charge in [0.15, 0.2) is 0 Å². The van der Waals surface area contributed by atoms with E-state index in [4.69, 9.17) is 0 Å². The average molecular weight is 247 g/mol. The minimum Gasteiger partial charge on any atom is -0.508 e. The van der Waals surface area contributed by atoms with Gasteiger partial charge in [0, 0.05) is 10.9 Å². The fourth-order valence-electron chi connectivity index (χ4n) is 1.03. The highest BCUT2D eigenvalue weighted by molar-refractivity contribution is 9.09. The van der Waals surface area contributed by atoms with E-state index in [9.17, 15) is 15.3 Å². The van der Waals surface area contributed by atoms with Crippen LogP contribution in [0.4, 0.5) is 0 Å². The molecule has 2 atom stereocenters. The molecule has 0 aliphatic rings. The third-order valence-electron chi connectivity index (χ3n) is 1.78. The number of hydrogen-bond donors (Lipinski definition) is 3. The van der Waals surface area contributed by atoms with Gasteiger partial charge in [-0.05, 0) is 6.07 Å². The number of phenols is 1. The van der Waals surface area contributed by atoms with Gasteiger partial charge in [-0.15, -0.1) is 0 Å². The molecule has 0 amide bonds. The van der Waals surface area contributed by atoms with Crippen molar-refractivity contribution in [1.82, 2.24) is 0 Å². The number of hydrogen-bond acceptors (Lipinski definition) is 3. The lowest BCUT2D eigenvalue weighted by atomic mass is 10.0. The van der Waals surface area contributed by atoms with E-state index in [1.807, 2.05) is 0 Å². The lowest BCUT2D eigenvalue weighted by molar-refractivity contribution is 0.0328. The number of benzene rings is 1. The van der Waals surface area contributed by atoms with Crippen molar-refractivity contribution in [2.75, 3.05) is 5.33 Å². The number of rotatable bonds is 3. The maximum atomic E-state index is 9.53. The van der Waals surface area contributed by atoms with Crippen molar-refractivity contribution >= 4 is 15.9 Å². The van der Waals surface area contributed by atoms with Crippen LogP contribution in [-0.4, -0.2) is 26.8 Å². The number of alkyl halides is 1. The summed E-state index contributed by atoms with van der Waals surface area (Å²) in [5.74, 6) is -0.00463. The Morgan fingerprint density at radius 2 is 1.85 bits per heavy atom. The summed E-state index contributed by atoms with van der Waals surface area (Å²) in [5, 5.41) is 28.4. The monoisotopic (exact) mass is 246 g/mol. The van der Waals surface area contributed by atoms with Crippen LogP contribution in [0.15, 0.2) is 24.3 Å². The Morgan fingerprint density at radius 1 is 1.23 bits per heavy atom. The van der Waals surface area contributed by atoms with Crippen LogP contribution in [0.3, 0.4) is 0 Å². The fourth-order valence-corrected chi connectivity index (χ4v) is 1.38. The highest BCUT2D eigenvalue weighted by atomic mass is 79.9. The number of aliphatic hydroxyl groups is 2. The smallest absolute Gasteiger partial charge is 0.121 e. The van der Waals surface area contributed by atoms with Gasteiger partial charge in [-0.2, -0.15) is 0 Å². The van der Waals surface area contributed by atoms with E-state index in [2.05, 4.69) is 15.9 Å². The first-order chi connectivity index (χ1) is 6.16. The van der Waals surface area contributed by atoms with Crippen LogP contribution < -0.4 is 0 Å². The summed E-state index contributed by atoms with van der Waals surface area (Å²) in [5.41, 5.74) is 0.342. The van der Waals surface area contributed by atoms with Crippen molar-refractivity contribution < 1.29 is 15.3 Å². The maximum absolute atomic E-state index is 9.53. The second-order valence-electron chi connectivity index (χ2n) is 2.73. The Labute approximate surface area is 84.8 Å². The van der Waals surface area contributed by atoms with Crippen LogP contribution in [0.25, 0.3) is 0 Å². The second-order valence-corrected chi connectivity index (χ2v) is 3.37. The summed E-state index contributed by atoms with van der Waals surface area (Å²) >= 11 is 3.05. The van der Waals surface area contributed by atoms with E-state index in [-0.39, 0.29) is 11.1 Å². The number of aromatic hydroxyl groups is 1. The molecule has 0 aliphatic heterocycles. The third-order valence-corrected chi connectivity index (χ3v) is 2.44. The van der Waals surface area contributed by atoms with Gasteiger partial charge in [0.2, 0.25) is 0 Å². The van der Waals surface area contributed by atoms with E-state index in [0.29, 0.717) is 5.56 Å². The standard InChI is InChI=1S/C9H11BrO3/c10-5-8(12)9(13)6-3-1-2-4-7(6)11/h1-4,8-9,11-13H,5H2. The fraction of sp³-hybridized carbons (Fsp3) is 0.333. The Bertz CT molecular complexity index is 277. The van der Waals surface area contributed by atoms with Crippen molar-refractivity contribution in [2.45, 2.75) is 12.2 Å². The molecule has 4 heteroatoms. The molecule has 1 aromatic rings. The molecule has 0 aromatic heterocycles. The maximum Gasteiger partial charge on any atom is 0.121 e. The third kappa shape index (κ3) is 2.43. The highest BCUT2D eigenvalue weighted by Gasteiger charge is 2.19. The summed E-state index contributed by atoms with van der Waals surface area (Å²) in [6.45, 7) is 0. The van der Waals surface area contributed by atoms with Crippen molar-refractivity contribution in [1.29, 1.82) is 0 Å². The second kappa shape index (κ2) is 4.60. The van der Waals surface area contributed by atoms with Crippen LogP contribution in [0, 0.1) is 0 Å². The molecule has 2 unspecified atom stereocenters. The molecule has 0 spiro atoms. The molecule has 0 heterocycles. The topological polar surface area (TPSA) is 60.7 Å². The number of para-hydroxylation sites is 1. The molecule has 13 heavy (non-hydrogen) atoms. The van der Waals surface area contributed by atoms with Gasteiger partial charge >= 0.3 is 0 Å². The Kier molecular flexibility index (Phi) is 3.71. The first-order valence-corrected chi connectivity index (χ1v) is 4.99. The average Bonchev–Trinajstić information content (AvgIpc) is 2.16. The molecule has 0 bridgehead atoms. The van der Waals surface area contributed by atoms with Gasteiger partial charge in [-0.25, -0.2) is 0 Å². The van der Waals surface area contributed by atoms with E-state index in [0.717, 1.165) is 0 Å². The zero-order valence-corrected chi connectivity index (χ0v) is 8.48. The predicted molar refractivity (Wildman–Crippen MR) is 52.9 cm³/mol. The predicted octanol–water partition coefficient (Wildman–Crippen LogP) is 1.18. The van der Waals surface area contributed by atoms with Crippen LogP contribution in [0.5, 0.6) is 5.75 Å². The van der Waals surface area contributed by atoms with Crippen LogP contribution in [0.2, 0.25) is 0 Å². The SMILES string of the molecule is Oc1ccccc1C(O)C(O)CBr. The molecule has 0 radical (unpaired) electrons. The summed E-state index contributed by atoms with van der Waals surface area (Å²) in [6, 6.07) is 6.40. The number of halogens is 1. The van der Waals surface area contributed by atoms with Gasteiger partial charge in [-0.1, -0.05) is 34.1 Å². The minimum atomic E-state index is -1.06. The first-order valence-electron chi connectivity index (χ1n) is 3.86. The quantitative estimate of drug-likeness (QED) is 0.703. The van der Waals surface area contributed by atoms with Crippen molar-refractivity contribution in [3.8, 4) is 5.75 Å². The Morgan fingerprint density at radius 3 is 2.38 bits per heavy atom. The molecule has 0 saturated carbocycles. The highest BCUT2D eigenvalue weighted by Crippen LogP contribution is 2.26. The molecule has 3 nitrogen and oxygen atoms in total. The largest absolute Gasteiger partial charge is 0.508 e. The zero-order chi connectivity index (χ0) is 9.84. The van der Waals surface area contributed by atoms with E-state index < -0.39 is 12.2 Å². The van der Waals surface area contributed by atoms with Gasteiger partial charge in [0.1, 0.15) is 11.9 Å². The molecule has 0 fully saturated rings. The van der Waals surface area contributed by atoms with Crippen molar-refractivity contribution in [3.63, 3.8) is 0 Å². The molecule has 72 valence electrons. The minimum absolute atomic E-state index is 0.00463.